The van der Waals surface area contributed by atoms with Gasteiger partial charge in [0, 0.05) is 34.4 Å². The summed E-state index contributed by atoms with van der Waals surface area (Å²) < 4.78 is 14.0. The number of nitrogens with zero attached hydrogens (tertiary/aromatic N) is 2. The molecular formula is C13H13BrFN3. The molecule has 0 bridgehead atoms. The average molecular weight is 310 g/mol. The number of hydrogen-bond donors (Lipinski definition) is 1. The molecule has 0 fully saturated rings. The molecule has 94 valence electrons. The van der Waals surface area contributed by atoms with Crippen molar-refractivity contribution in [3.05, 3.63) is 46.4 Å². The Kier molecular flexibility index (Phi) is 4.04. The van der Waals surface area contributed by atoms with Crippen LogP contribution >= 0.6 is 15.9 Å². The summed E-state index contributed by atoms with van der Waals surface area (Å²) in [7, 11) is 0. The van der Waals surface area contributed by atoms with Gasteiger partial charge in [0.2, 0.25) is 0 Å². The summed E-state index contributed by atoms with van der Waals surface area (Å²) in [6.45, 7) is 1.92. The van der Waals surface area contributed by atoms with Crippen LogP contribution in [0.1, 0.15) is 12.6 Å². The van der Waals surface area contributed by atoms with Crippen LogP contribution < -0.4 is 5.73 Å². The van der Waals surface area contributed by atoms with Crippen molar-refractivity contribution in [1.29, 1.82) is 0 Å². The van der Waals surface area contributed by atoms with E-state index in [0.717, 1.165) is 5.69 Å². The first-order valence-corrected chi connectivity index (χ1v) is 6.38. The van der Waals surface area contributed by atoms with Crippen LogP contribution in [0, 0.1) is 5.82 Å². The van der Waals surface area contributed by atoms with E-state index in [1.165, 1.54) is 12.1 Å². The lowest BCUT2D eigenvalue weighted by Crippen LogP contribution is -2.18. The van der Waals surface area contributed by atoms with Crippen LogP contribution in [0.15, 0.2) is 34.9 Å². The lowest BCUT2D eigenvalue weighted by Gasteiger charge is -2.06. The maximum atomic E-state index is 13.3. The van der Waals surface area contributed by atoms with Crippen molar-refractivity contribution in [2.45, 2.75) is 19.4 Å². The highest BCUT2D eigenvalue weighted by molar-refractivity contribution is 9.10. The van der Waals surface area contributed by atoms with Crippen LogP contribution in [0.5, 0.6) is 0 Å². The summed E-state index contributed by atoms with van der Waals surface area (Å²) in [4.78, 5) is 8.55. The zero-order valence-corrected chi connectivity index (χ0v) is 11.5. The lowest BCUT2D eigenvalue weighted by molar-refractivity contribution is 0.627. The van der Waals surface area contributed by atoms with Crippen molar-refractivity contribution < 1.29 is 4.39 Å². The SMILES string of the molecule is CC(N)Cc1ccnc(-c2cc(F)cc(Br)c2)n1. The predicted molar refractivity (Wildman–Crippen MR) is 72.5 cm³/mol. The van der Waals surface area contributed by atoms with Gasteiger partial charge in [0.05, 0.1) is 0 Å². The van der Waals surface area contributed by atoms with Crippen molar-refractivity contribution in [2.75, 3.05) is 0 Å². The zero-order valence-electron chi connectivity index (χ0n) is 9.90. The Bertz CT molecular complexity index is 537. The fourth-order valence-corrected chi connectivity index (χ4v) is 2.13. The van der Waals surface area contributed by atoms with Crippen LogP contribution in [0.4, 0.5) is 4.39 Å². The molecule has 3 nitrogen and oxygen atoms in total. The van der Waals surface area contributed by atoms with E-state index in [1.54, 1.807) is 12.3 Å². The Balaban J connectivity index is 2.38. The molecule has 0 aliphatic carbocycles. The maximum absolute atomic E-state index is 13.3. The van der Waals surface area contributed by atoms with E-state index in [-0.39, 0.29) is 11.9 Å². The van der Waals surface area contributed by atoms with Gasteiger partial charge in [-0.25, -0.2) is 14.4 Å². The molecule has 2 rings (SSSR count). The molecule has 0 saturated carbocycles. The molecule has 5 heteroatoms. The molecule has 0 spiro atoms. The molecule has 2 N–H and O–H groups in total. The number of halogens is 2. The third kappa shape index (κ3) is 3.34. The van der Waals surface area contributed by atoms with E-state index >= 15 is 0 Å². The molecule has 2 aromatic rings. The van der Waals surface area contributed by atoms with E-state index in [1.807, 2.05) is 13.0 Å². The van der Waals surface area contributed by atoms with Gasteiger partial charge in [-0.15, -0.1) is 0 Å². The second kappa shape index (κ2) is 5.54. The van der Waals surface area contributed by atoms with Crippen LogP contribution in [0.2, 0.25) is 0 Å². The molecule has 0 saturated heterocycles. The molecule has 1 aromatic heterocycles. The average Bonchev–Trinajstić information content (AvgIpc) is 2.27. The molecule has 1 aromatic carbocycles. The largest absolute Gasteiger partial charge is 0.328 e. The first-order chi connectivity index (χ1) is 8.54. The fraction of sp³-hybridized carbons (Fsp3) is 0.231. The standard InChI is InChI=1S/C13H13BrFN3/c1-8(16)4-12-2-3-17-13(18-12)9-5-10(14)7-11(15)6-9/h2-3,5-8H,4,16H2,1H3. The van der Waals surface area contributed by atoms with Crippen LogP contribution in [0.25, 0.3) is 11.4 Å². The number of rotatable bonds is 3. The van der Waals surface area contributed by atoms with Gasteiger partial charge < -0.3 is 5.73 Å². The topological polar surface area (TPSA) is 51.8 Å². The van der Waals surface area contributed by atoms with Crippen molar-refractivity contribution in [3.63, 3.8) is 0 Å². The second-order valence-corrected chi connectivity index (χ2v) is 5.13. The maximum Gasteiger partial charge on any atom is 0.159 e. The Hall–Kier alpha value is -1.33. The smallest absolute Gasteiger partial charge is 0.159 e. The summed E-state index contributed by atoms with van der Waals surface area (Å²) in [6.07, 6.45) is 2.34. The first-order valence-electron chi connectivity index (χ1n) is 5.58. The van der Waals surface area contributed by atoms with Crippen molar-refractivity contribution in [2.24, 2.45) is 5.73 Å². The molecule has 1 atom stereocenters. The zero-order chi connectivity index (χ0) is 13.1. The van der Waals surface area contributed by atoms with Gasteiger partial charge in [0.15, 0.2) is 5.82 Å². The van der Waals surface area contributed by atoms with Crippen molar-refractivity contribution >= 4 is 15.9 Å². The molecule has 1 heterocycles. The Morgan fingerprint density at radius 2 is 2.17 bits per heavy atom. The highest BCUT2D eigenvalue weighted by Crippen LogP contribution is 2.22. The minimum absolute atomic E-state index is 0.0343. The predicted octanol–water partition coefficient (Wildman–Crippen LogP) is 2.93. The summed E-state index contributed by atoms with van der Waals surface area (Å²) >= 11 is 3.25. The molecule has 0 amide bonds. The molecule has 0 aliphatic rings. The third-order valence-electron chi connectivity index (χ3n) is 2.37. The summed E-state index contributed by atoms with van der Waals surface area (Å²) in [5, 5.41) is 0. The minimum atomic E-state index is -0.319. The van der Waals surface area contributed by atoms with E-state index in [4.69, 9.17) is 5.73 Å². The summed E-state index contributed by atoms with van der Waals surface area (Å²) in [5.74, 6) is 0.189. The second-order valence-electron chi connectivity index (χ2n) is 4.21. The number of benzene rings is 1. The number of nitrogens with two attached hydrogens (primary N) is 1. The van der Waals surface area contributed by atoms with E-state index < -0.39 is 0 Å². The van der Waals surface area contributed by atoms with E-state index in [0.29, 0.717) is 22.3 Å². The normalized spacial score (nSPS) is 12.4. The molecule has 1 unspecified atom stereocenters. The third-order valence-corrected chi connectivity index (χ3v) is 2.82. The summed E-state index contributed by atoms with van der Waals surface area (Å²) in [6, 6.07) is 6.45. The number of hydrogen-bond acceptors (Lipinski definition) is 3. The van der Waals surface area contributed by atoms with Gasteiger partial charge >= 0.3 is 0 Å². The monoisotopic (exact) mass is 309 g/mol. The molecule has 0 aliphatic heterocycles. The Morgan fingerprint density at radius 1 is 1.39 bits per heavy atom. The van der Waals surface area contributed by atoms with Crippen LogP contribution in [-0.4, -0.2) is 16.0 Å². The Labute approximate surface area is 113 Å². The number of aromatic nitrogens is 2. The van der Waals surface area contributed by atoms with Gasteiger partial charge in [-0.05, 0) is 31.2 Å². The summed E-state index contributed by atoms with van der Waals surface area (Å²) in [5.41, 5.74) is 7.24. The molecule has 18 heavy (non-hydrogen) atoms. The van der Waals surface area contributed by atoms with Crippen LogP contribution in [0.3, 0.4) is 0 Å². The highest BCUT2D eigenvalue weighted by Gasteiger charge is 2.07. The highest BCUT2D eigenvalue weighted by atomic mass is 79.9. The van der Waals surface area contributed by atoms with Crippen molar-refractivity contribution in [1.82, 2.24) is 9.97 Å². The van der Waals surface area contributed by atoms with Crippen molar-refractivity contribution in [3.8, 4) is 11.4 Å². The Morgan fingerprint density at radius 3 is 2.83 bits per heavy atom. The van der Waals surface area contributed by atoms with E-state index in [2.05, 4.69) is 25.9 Å². The molecular weight excluding hydrogens is 297 g/mol. The first kappa shape index (κ1) is 13.1. The quantitative estimate of drug-likeness (QED) is 0.948. The van der Waals surface area contributed by atoms with Gasteiger partial charge in [-0.2, -0.15) is 0 Å². The fourth-order valence-electron chi connectivity index (χ4n) is 1.66. The minimum Gasteiger partial charge on any atom is -0.328 e. The van der Waals surface area contributed by atoms with Gasteiger partial charge in [0.25, 0.3) is 0 Å². The lowest BCUT2D eigenvalue weighted by atomic mass is 10.1. The molecule has 0 radical (unpaired) electrons. The van der Waals surface area contributed by atoms with Gasteiger partial charge in [-0.1, -0.05) is 15.9 Å². The van der Waals surface area contributed by atoms with Crippen LogP contribution in [-0.2, 0) is 6.42 Å². The van der Waals surface area contributed by atoms with E-state index in [9.17, 15) is 4.39 Å². The van der Waals surface area contributed by atoms with Gasteiger partial charge in [-0.3, -0.25) is 0 Å². The van der Waals surface area contributed by atoms with Gasteiger partial charge in [0.1, 0.15) is 5.82 Å².